The van der Waals surface area contributed by atoms with E-state index in [1.165, 1.54) is 31.4 Å². The molecule has 1 aliphatic carbocycles. The highest BCUT2D eigenvalue weighted by atomic mass is 35.5. The first-order valence-corrected chi connectivity index (χ1v) is 14.7. The van der Waals surface area contributed by atoms with Crippen LogP contribution >= 0.6 is 11.6 Å². The van der Waals surface area contributed by atoms with Gasteiger partial charge in [-0.3, -0.25) is 4.72 Å². The molecule has 1 saturated carbocycles. The molecule has 0 bridgehead atoms. The van der Waals surface area contributed by atoms with Gasteiger partial charge in [0.25, 0.3) is 10.0 Å². The summed E-state index contributed by atoms with van der Waals surface area (Å²) in [5, 5.41) is 4.22. The lowest BCUT2D eigenvalue weighted by Crippen LogP contribution is -2.36. The molecule has 0 aliphatic heterocycles. The Bertz CT molecular complexity index is 1640. The number of pyridine rings is 1. The number of anilines is 2. The van der Waals surface area contributed by atoms with Gasteiger partial charge in [-0.25, -0.2) is 22.8 Å². The van der Waals surface area contributed by atoms with Gasteiger partial charge in [-0.15, -0.1) is 0 Å². The molecule has 5 rings (SSSR count). The zero-order valence-electron chi connectivity index (χ0n) is 22.4. The van der Waals surface area contributed by atoms with Crippen LogP contribution in [0.4, 0.5) is 16.2 Å². The van der Waals surface area contributed by atoms with Crippen molar-refractivity contribution < 1.29 is 17.5 Å². The number of rotatable bonds is 8. The maximum atomic E-state index is 15.1. The molecule has 0 spiro atoms. The Balaban J connectivity index is 1.37. The fourth-order valence-electron chi connectivity index (χ4n) is 4.94. The molecule has 2 heterocycles. The number of hydrogen-bond acceptors (Lipinski definition) is 8. The topological polar surface area (TPSA) is 109 Å². The van der Waals surface area contributed by atoms with Crippen LogP contribution in [-0.2, 0) is 10.0 Å². The van der Waals surface area contributed by atoms with E-state index < -0.39 is 21.7 Å². The van der Waals surface area contributed by atoms with E-state index in [1.807, 2.05) is 12.1 Å². The van der Waals surface area contributed by atoms with Crippen LogP contribution < -0.4 is 14.8 Å². The minimum Gasteiger partial charge on any atom is -0.480 e. The molecule has 12 heteroatoms. The van der Waals surface area contributed by atoms with Crippen molar-refractivity contribution in [2.75, 3.05) is 31.2 Å². The Labute approximate surface area is 237 Å². The first kappa shape index (κ1) is 28.0. The van der Waals surface area contributed by atoms with Crippen molar-refractivity contribution in [3.63, 3.8) is 0 Å². The first-order valence-electron chi connectivity index (χ1n) is 12.9. The molecular weight excluding hydrogens is 555 g/mol. The number of methoxy groups -OCH3 is 1. The fourth-order valence-corrected chi connectivity index (χ4v) is 6.47. The molecule has 1 aliphatic rings. The largest absolute Gasteiger partial charge is 0.480 e. The normalized spacial score (nSPS) is 17.6. The maximum absolute atomic E-state index is 15.1. The van der Waals surface area contributed by atoms with Crippen molar-refractivity contribution in [1.29, 1.82) is 0 Å². The summed E-state index contributed by atoms with van der Waals surface area (Å²) in [7, 11) is 1.44. The SMILES string of the molecule is COc1nc(NS(=O)(=O)c2ccccc2Cl)c(F)cc1-c1ccc2nc(NC3CCC(N(C)C)CC3)ncc2c1. The monoisotopic (exact) mass is 584 g/mol. The molecule has 1 fully saturated rings. The van der Waals surface area contributed by atoms with Crippen LogP contribution in [0.1, 0.15) is 25.7 Å². The summed E-state index contributed by atoms with van der Waals surface area (Å²) < 4.78 is 48.3. The molecule has 4 aromatic rings. The van der Waals surface area contributed by atoms with Gasteiger partial charge in [-0.05, 0) is 75.7 Å². The fraction of sp³-hybridized carbons (Fsp3) is 0.321. The molecule has 40 heavy (non-hydrogen) atoms. The lowest BCUT2D eigenvalue weighted by atomic mass is 9.91. The minimum atomic E-state index is -4.18. The van der Waals surface area contributed by atoms with Crippen LogP contribution in [0.25, 0.3) is 22.0 Å². The van der Waals surface area contributed by atoms with Gasteiger partial charge in [0.15, 0.2) is 11.6 Å². The lowest BCUT2D eigenvalue weighted by molar-refractivity contribution is 0.221. The Morgan fingerprint density at radius 3 is 2.50 bits per heavy atom. The van der Waals surface area contributed by atoms with Gasteiger partial charge in [0, 0.05) is 29.2 Å². The third-order valence-corrected chi connectivity index (χ3v) is 8.98. The predicted octanol–water partition coefficient (Wildman–Crippen LogP) is 5.58. The molecule has 9 nitrogen and oxygen atoms in total. The van der Waals surface area contributed by atoms with Crippen molar-refractivity contribution in [1.82, 2.24) is 19.9 Å². The molecule has 2 aromatic heterocycles. The summed E-state index contributed by atoms with van der Waals surface area (Å²) in [4.78, 5) is 15.4. The molecule has 0 saturated heterocycles. The highest BCUT2D eigenvalue weighted by Crippen LogP contribution is 2.34. The van der Waals surface area contributed by atoms with Crippen LogP contribution in [0.2, 0.25) is 5.02 Å². The summed E-state index contributed by atoms with van der Waals surface area (Å²) in [5.74, 6) is -0.745. The molecular formula is C28H30ClFN6O3S. The summed E-state index contributed by atoms with van der Waals surface area (Å²) in [5.41, 5.74) is 1.70. The Kier molecular flexibility index (Phi) is 8.07. The van der Waals surface area contributed by atoms with Crippen LogP contribution in [0.15, 0.2) is 59.6 Å². The van der Waals surface area contributed by atoms with Gasteiger partial charge in [0.2, 0.25) is 11.8 Å². The standard InChI is InChI=1S/C28H30ClFN6O3S/c1-36(2)20-11-9-19(10-12-20)32-28-31-16-18-14-17(8-13-24(18)33-28)21-15-23(30)26(34-27(21)39-3)35-40(37,38)25-7-5-4-6-22(25)29/h4-8,13-16,19-20H,9-12H2,1-3H3,(H,34,35)(H,31,32,33). The number of aromatic nitrogens is 3. The van der Waals surface area contributed by atoms with Gasteiger partial charge >= 0.3 is 0 Å². The molecule has 2 N–H and O–H groups in total. The van der Waals surface area contributed by atoms with E-state index in [0.29, 0.717) is 29.2 Å². The van der Waals surface area contributed by atoms with Gasteiger partial charge in [-0.1, -0.05) is 29.8 Å². The lowest BCUT2D eigenvalue weighted by Gasteiger charge is -2.32. The van der Waals surface area contributed by atoms with Crippen molar-refractivity contribution in [2.45, 2.75) is 42.7 Å². The zero-order chi connectivity index (χ0) is 28.4. The number of halogens is 2. The third-order valence-electron chi connectivity index (χ3n) is 7.14. The first-order chi connectivity index (χ1) is 19.1. The van der Waals surface area contributed by atoms with E-state index in [0.717, 1.165) is 36.6 Å². The van der Waals surface area contributed by atoms with Crippen molar-refractivity contribution in [3.8, 4) is 17.0 Å². The van der Waals surface area contributed by atoms with E-state index in [2.05, 4.69) is 44.0 Å². The smallest absolute Gasteiger partial charge is 0.264 e. The molecule has 210 valence electrons. The Morgan fingerprint density at radius 2 is 1.80 bits per heavy atom. The highest BCUT2D eigenvalue weighted by Gasteiger charge is 2.24. The van der Waals surface area contributed by atoms with E-state index in [-0.39, 0.29) is 15.8 Å². The van der Waals surface area contributed by atoms with Crippen molar-refractivity contribution in [3.05, 3.63) is 65.6 Å². The molecule has 2 aromatic carbocycles. The van der Waals surface area contributed by atoms with Crippen molar-refractivity contribution in [2.24, 2.45) is 0 Å². The van der Waals surface area contributed by atoms with E-state index in [1.54, 1.807) is 18.3 Å². The van der Waals surface area contributed by atoms with Crippen LogP contribution in [0.5, 0.6) is 5.88 Å². The van der Waals surface area contributed by atoms with Crippen LogP contribution in [0, 0.1) is 5.82 Å². The average molecular weight is 585 g/mol. The number of ether oxygens (including phenoxy) is 1. The number of sulfonamides is 1. The van der Waals surface area contributed by atoms with Crippen molar-refractivity contribution >= 4 is 44.3 Å². The second kappa shape index (κ2) is 11.5. The predicted molar refractivity (Wildman–Crippen MR) is 155 cm³/mol. The number of hydrogen-bond donors (Lipinski definition) is 2. The number of benzene rings is 2. The van der Waals surface area contributed by atoms with Crippen LogP contribution in [0.3, 0.4) is 0 Å². The molecule has 0 radical (unpaired) electrons. The van der Waals surface area contributed by atoms with E-state index in [4.69, 9.17) is 16.3 Å². The molecule has 0 amide bonds. The molecule has 0 atom stereocenters. The second-order valence-corrected chi connectivity index (χ2v) is 12.1. The second-order valence-electron chi connectivity index (χ2n) is 9.99. The maximum Gasteiger partial charge on any atom is 0.264 e. The Morgan fingerprint density at radius 1 is 1.05 bits per heavy atom. The number of nitrogens with one attached hydrogen (secondary N) is 2. The van der Waals surface area contributed by atoms with E-state index >= 15 is 4.39 Å². The number of nitrogens with zero attached hydrogens (tertiary/aromatic N) is 4. The summed E-state index contributed by atoms with van der Waals surface area (Å²) in [6.07, 6.45) is 6.11. The zero-order valence-corrected chi connectivity index (χ0v) is 23.9. The summed E-state index contributed by atoms with van der Waals surface area (Å²) in [6.45, 7) is 0. The van der Waals surface area contributed by atoms with Gasteiger partial charge in [0.1, 0.15) is 4.90 Å². The van der Waals surface area contributed by atoms with Crippen LogP contribution in [-0.4, -0.2) is 61.6 Å². The van der Waals surface area contributed by atoms with Gasteiger partial charge < -0.3 is 15.0 Å². The summed E-state index contributed by atoms with van der Waals surface area (Å²) in [6, 6.07) is 13.4. The third kappa shape index (κ3) is 5.96. The van der Waals surface area contributed by atoms with Gasteiger partial charge in [-0.2, -0.15) is 4.98 Å². The average Bonchev–Trinajstić information content (AvgIpc) is 2.94. The Hall–Kier alpha value is -3.54. The number of fused-ring (bicyclic) bond motifs is 1. The molecule has 0 unspecified atom stereocenters. The minimum absolute atomic E-state index is 0.00689. The van der Waals surface area contributed by atoms with E-state index in [9.17, 15) is 8.42 Å². The van der Waals surface area contributed by atoms with Gasteiger partial charge in [0.05, 0.1) is 17.6 Å². The highest BCUT2D eigenvalue weighted by molar-refractivity contribution is 7.92. The summed E-state index contributed by atoms with van der Waals surface area (Å²) >= 11 is 6.03. The quantitative estimate of drug-likeness (QED) is 0.276.